The number of ether oxygens (including phenoxy) is 3. The summed E-state index contributed by atoms with van der Waals surface area (Å²) in [6.45, 7) is 2.64. The summed E-state index contributed by atoms with van der Waals surface area (Å²) in [6.07, 6.45) is 8.42. The summed E-state index contributed by atoms with van der Waals surface area (Å²) in [5, 5.41) is 0. The molecule has 4 rings (SSSR count). The Bertz CT molecular complexity index is 642. The zero-order valence-electron chi connectivity index (χ0n) is 13.9. The minimum atomic E-state index is -0.243. The molecule has 0 bridgehead atoms. The highest BCUT2D eigenvalue weighted by molar-refractivity contribution is 5.59. The predicted molar refractivity (Wildman–Crippen MR) is 88.9 cm³/mol. The molecule has 4 atom stereocenters. The summed E-state index contributed by atoms with van der Waals surface area (Å²) in [4.78, 5) is 0. The van der Waals surface area contributed by atoms with Gasteiger partial charge in [-0.1, -0.05) is 18.2 Å². The molecule has 0 radical (unpaired) electrons. The van der Waals surface area contributed by atoms with Gasteiger partial charge < -0.3 is 19.9 Å². The van der Waals surface area contributed by atoms with E-state index in [1.165, 1.54) is 11.1 Å². The van der Waals surface area contributed by atoms with Crippen LogP contribution in [0, 0.1) is 5.92 Å². The van der Waals surface area contributed by atoms with Crippen molar-refractivity contribution >= 4 is 0 Å². The van der Waals surface area contributed by atoms with Crippen LogP contribution in [0.2, 0.25) is 0 Å². The first-order valence-electron chi connectivity index (χ1n) is 8.61. The highest BCUT2D eigenvalue weighted by Gasteiger charge is 2.53. The molecular formula is C19H25NO3. The second-order valence-corrected chi connectivity index (χ2v) is 6.83. The molecule has 3 unspecified atom stereocenters. The average molecular weight is 315 g/mol. The van der Waals surface area contributed by atoms with Gasteiger partial charge in [-0.05, 0) is 43.7 Å². The van der Waals surface area contributed by atoms with E-state index in [-0.39, 0.29) is 17.7 Å². The van der Waals surface area contributed by atoms with E-state index in [1.54, 1.807) is 7.11 Å². The van der Waals surface area contributed by atoms with E-state index >= 15 is 0 Å². The lowest BCUT2D eigenvalue weighted by Gasteiger charge is -2.52. The molecule has 1 spiro atoms. The molecule has 0 aromatic heterocycles. The van der Waals surface area contributed by atoms with E-state index in [0.29, 0.717) is 12.5 Å². The second kappa shape index (κ2) is 5.53. The minimum Gasteiger partial charge on any atom is -0.493 e. The minimum absolute atomic E-state index is 0.0762. The van der Waals surface area contributed by atoms with Crippen molar-refractivity contribution in [2.75, 3.05) is 13.7 Å². The van der Waals surface area contributed by atoms with Crippen LogP contribution in [0.4, 0.5) is 0 Å². The number of benzene rings is 1. The summed E-state index contributed by atoms with van der Waals surface area (Å²) >= 11 is 0. The Morgan fingerprint density at radius 2 is 2.26 bits per heavy atom. The van der Waals surface area contributed by atoms with Crippen LogP contribution in [0.1, 0.15) is 37.3 Å². The lowest BCUT2D eigenvalue weighted by Crippen LogP contribution is -2.54. The van der Waals surface area contributed by atoms with Gasteiger partial charge in [-0.2, -0.15) is 0 Å². The SMILES string of the molecule is CCOC1CC23C=CCC[C@H]2C(N)Cc2ccc(OC)c(c23)O1. The first-order chi connectivity index (χ1) is 11.2. The molecule has 2 N–H and O–H groups in total. The molecule has 1 aliphatic heterocycles. The molecule has 2 aliphatic carbocycles. The van der Waals surface area contributed by atoms with Crippen molar-refractivity contribution in [3.63, 3.8) is 0 Å². The number of hydrogen-bond donors (Lipinski definition) is 1. The van der Waals surface area contributed by atoms with Crippen molar-refractivity contribution in [2.24, 2.45) is 11.7 Å². The van der Waals surface area contributed by atoms with Crippen molar-refractivity contribution in [2.45, 2.75) is 50.4 Å². The van der Waals surface area contributed by atoms with Gasteiger partial charge in [-0.25, -0.2) is 0 Å². The number of methoxy groups -OCH3 is 1. The van der Waals surface area contributed by atoms with Crippen molar-refractivity contribution in [1.29, 1.82) is 0 Å². The summed E-state index contributed by atoms with van der Waals surface area (Å²) in [5.74, 6) is 2.09. The Hall–Kier alpha value is -1.52. The fraction of sp³-hybridized carbons (Fsp3) is 0.579. The van der Waals surface area contributed by atoms with Gasteiger partial charge in [-0.15, -0.1) is 0 Å². The predicted octanol–water partition coefficient (Wildman–Crippen LogP) is 2.93. The third-order valence-corrected chi connectivity index (χ3v) is 5.69. The van der Waals surface area contributed by atoms with E-state index in [0.717, 1.165) is 37.2 Å². The quantitative estimate of drug-likeness (QED) is 0.871. The van der Waals surface area contributed by atoms with E-state index in [4.69, 9.17) is 19.9 Å². The third kappa shape index (κ3) is 2.12. The maximum atomic E-state index is 6.58. The smallest absolute Gasteiger partial charge is 0.201 e. The maximum Gasteiger partial charge on any atom is 0.201 e. The Balaban J connectivity index is 1.94. The van der Waals surface area contributed by atoms with Crippen LogP contribution >= 0.6 is 0 Å². The Morgan fingerprint density at radius 1 is 1.39 bits per heavy atom. The maximum absolute atomic E-state index is 6.58. The molecular weight excluding hydrogens is 290 g/mol. The number of rotatable bonds is 3. The van der Waals surface area contributed by atoms with Crippen molar-refractivity contribution in [3.8, 4) is 11.5 Å². The van der Waals surface area contributed by atoms with Gasteiger partial charge in [-0.3, -0.25) is 0 Å². The molecule has 1 aromatic carbocycles. The van der Waals surface area contributed by atoms with Crippen molar-refractivity contribution in [1.82, 2.24) is 0 Å². The van der Waals surface area contributed by atoms with Crippen LogP contribution in [0.25, 0.3) is 0 Å². The second-order valence-electron chi connectivity index (χ2n) is 6.83. The van der Waals surface area contributed by atoms with Gasteiger partial charge in [0.1, 0.15) is 0 Å². The van der Waals surface area contributed by atoms with Crippen LogP contribution in [-0.2, 0) is 16.6 Å². The van der Waals surface area contributed by atoms with Gasteiger partial charge >= 0.3 is 0 Å². The summed E-state index contributed by atoms with van der Waals surface area (Å²) in [6, 6.07) is 4.34. The monoisotopic (exact) mass is 315 g/mol. The lowest BCUT2D eigenvalue weighted by atomic mass is 9.56. The molecule has 0 fully saturated rings. The topological polar surface area (TPSA) is 53.7 Å². The van der Waals surface area contributed by atoms with E-state index in [1.807, 2.05) is 13.0 Å². The Labute approximate surface area is 137 Å². The number of nitrogens with two attached hydrogens (primary N) is 1. The summed E-state index contributed by atoms with van der Waals surface area (Å²) < 4.78 is 17.6. The standard InChI is InChI=1S/C19H25NO3/c1-3-22-16-11-19-9-5-4-6-13(19)14(20)10-12-7-8-15(21-2)18(23-16)17(12)19/h5,7-9,13-14,16H,3-4,6,10-11,20H2,1-2H3/t13-,14?,16?,19?/m0/s1. The zero-order valence-corrected chi connectivity index (χ0v) is 13.9. The zero-order chi connectivity index (χ0) is 16.0. The van der Waals surface area contributed by atoms with Crippen LogP contribution in [0.5, 0.6) is 11.5 Å². The normalized spacial score (nSPS) is 34.3. The van der Waals surface area contributed by atoms with Crippen molar-refractivity contribution < 1.29 is 14.2 Å². The highest BCUT2D eigenvalue weighted by Crippen LogP contribution is 2.57. The van der Waals surface area contributed by atoms with E-state index in [9.17, 15) is 0 Å². The first kappa shape index (κ1) is 15.0. The Kier molecular flexibility index (Phi) is 3.62. The molecule has 3 aliphatic rings. The molecule has 23 heavy (non-hydrogen) atoms. The van der Waals surface area contributed by atoms with Crippen LogP contribution in [0.3, 0.4) is 0 Å². The molecule has 0 saturated heterocycles. The third-order valence-electron chi connectivity index (χ3n) is 5.69. The number of hydrogen-bond acceptors (Lipinski definition) is 4. The van der Waals surface area contributed by atoms with Gasteiger partial charge in [0.15, 0.2) is 11.5 Å². The first-order valence-corrected chi connectivity index (χ1v) is 8.61. The van der Waals surface area contributed by atoms with Crippen molar-refractivity contribution in [3.05, 3.63) is 35.4 Å². The Morgan fingerprint density at radius 3 is 3.04 bits per heavy atom. The van der Waals surface area contributed by atoms with Gasteiger partial charge in [0.25, 0.3) is 0 Å². The fourth-order valence-corrected chi connectivity index (χ4v) is 4.82. The molecule has 0 amide bonds. The largest absolute Gasteiger partial charge is 0.493 e. The fourth-order valence-electron chi connectivity index (χ4n) is 4.82. The average Bonchev–Trinajstić information content (AvgIpc) is 2.55. The van der Waals surface area contributed by atoms with Crippen LogP contribution < -0.4 is 15.2 Å². The molecule has 0 saturated carbocycles. The number of allylic oxidation sites excluding steroid dienone is 2. The molecule has 4 heteroatoms. The van der Waals surface area contributed by atoms with Gasteiger partial charge in [0, 0.05) is 30.0 Å². The molecule has 1 heterocycles. The van der Waals surface area contributed by atoms with Gasteiger partial charge in [0.2, 0.25) is 6.29 Å². The summed E-state index contributed by atoms with van der Waals surface area (Å²) in [5.41, 5.74) is 9.09. The van der Waals surface area contributed by atoms with Crippen LogP contribution in [-0.4, -0.2) is 26.0 Å². The van der Waals surface area contributed by atoms with Gasteiger partial charge in [0.05, 0.1) is 7.11 Å². The summed E-state index contributed by atoms with van der Waals surface area (Å²) in [7, 11) is 1.70. The van der Waals surface area contributed by atoms with E-state index < -0.39 is 0 Å². The lowest BCUT2D eigenvalue weighted by molar-refractivity contribution is -0.108. The molecule has 124 valence electrons. The van der Waals surface area contributed by atoms with Crippen LogP contribution in [0.15, 0.2) is 24.3 Å². The molecule has 1 aromatic rings. The highest BCUT2D eigenvalue weighted by atomic mass is 16.7. The van der Waals surface area contributed by atoms with E-state index in [2.05, 4.69) is 18.2 Å². The molecule has 4 nitrogen and oxygen atoms in total.